The molecule has 0 spiro atoms. The third-order valence-corrected chi connectivity index (χ3v) is 8.13. The fraction of sp³-hybridized carbons (Fsp3) is 0.619. The number of nitrogens with zero attached hydrogens (tertiary/aromatic N) is 3. The molecule has 0 radical (unpaired) electrons. The summed E-state index contributed by atoms with van der Waals surface area (Å²) >= 11 is 9.12. The number of halogens is 2. The number of hydrogen-bond acceptors (Lipinski definition) is 6. The third-order valence-electron chi connectivity index (χ3n) is 7.19. The van der Waals surface area contributed by atoms with Crippen LogP contribution in [0.15, 0.2) is 26.1 Å². The Bertz CT molecular complexity index is 1020. The predicted octanol–water partition coefficient (Wildman–Crippen LogP) is 4.33. The molecule has 7 nitrogen and oxygen atoms in total. The van der Waals surface area contributed by atoms with Crippen LogP contribution in [0.4, 0.5) is 5.69 Å². The minimum atomic E-state index is -0.315. The molecule has 3 saturated carbocycles. The van der Waals surface area contributed by atoms with Crippen LogP contribution in [-0.2, 0) is 17.8 Å². The Hall–Kier alpha value is -1.67. The lowest BCUT2D eigenvalue weighted by atomic mass is 9.45. The first-order chi connectivity index (χ1) is 14.2. The van der Waals surface area contributed by atoms with E-state index in [0.717, 1.165) is 12.3 Å². The predicted molar refractivity (Wildman–Crippen MR) is 118 cm³/mol. The van der Waals surface area contributed by atoms with Gasteiger partial charge in [0.25, 0.3) is 5.56 Å². The largest absolute Gasteiger partial charge is 0.380 e. The van der Waals surface area contributed by atoms with Crippen molar-refractivity contribution in [1.82, 2.24) is 14.9 Å². The van der Waals surface area contributed by atoms with Gasteiger partial charge in [-0.1, -0.05) is 37.5 Å². The highest BCUT2D eigenvalue weighted by molar-refractivity contribution is 9.10. The molecule has 162 valence electrons. The molecule has 2 bridgehead atoms. The molecule has 2 aromatic rings. The molecule has 9 heteroatoms. The Morgan fingerprint density at radius 1 is 1.43 bits per heavy atom. The molecule has 2 aromatic heterocycles. The summed E-state index contributed by atoms with van der Waals surface area (Å²) < 4.78 is 6.60. The van der Waals surface area contributed by atoms with Crippen molar-refractivity contribution in [2.75, 3.05) is 5.32 Å². The number of carbonyl (C=O) groups is 1. The Kier molecular flexibility index (Phi) is 5.83. The van der Waals surface area contributed by atoms with Gasteiger partial charge < -0.3 is 9.84 Å². The van der Waals surface area contributed by atoms with Gasteiger partial charge in [0.2, 0.25) is 0 Å². The van der Waals surface area contributed by atoms with Crippen molar-refractivity contribution < 1.29 is 9.32 Å². The molecule has 0 aromatic carbocycles. The first kappa shape index (κ1) is 21.6. The van der Waals surface area contributed by atoms with Crippen molar-refractivity contribution in [3.8, 4) is 0 Å². The number of aromatic nitrogens is 3. The van der Waals surface area contributed by atoms with Crippen molar-refractivity contribution in [2.45, 2.75) is 59.0 Å². The molecule has 3 aliphatic carbocycles. The summed E-state index contributed by atoms with van der Waals surface area (Å²) in [5.74, 6) is 2.38. The van der Waals surface area contributed by atoms with E-state index in [-0.39, 0.29) is 29.5 Å². The first-order valence-corrected chi connectivity index (χ1v) is 11.5. The zero-order valence-electron chi connectivity index (χ0n) is 17.3. The maximum absolute atomic E-state index is 12.7. The van der Waals surface area contributed by atoms with Crippen LogP contribution >= 0.6 is 27.5 Å². The van der Waals surface area contributed by atoms with Gasteiger partial charge >= 0.3 is 0 Å². The molecule has 3 aliphatic rings. The minimum Gasteiger partial charge on any atom is -0.380 e. The van der Waals surface area contributed by atoms with Crippen molar-refractivity contribution in [1.29, 1.82) is 0 Å². The van der Waals surface area contributed by atoms with Crippen LogP contribution in [-0.4, -0.2) is 26.8 Å². The highest BCUT2D eigenvalue weighted by Gasteiger charge is 2.56. The van der Waals surface area contributed by atoms with Gasteiger partial charge in [-0.3, -0.25) is 9.59 Å². The molecule has 2 heterocycles. The monoisotopic (exact) mass is 496 g/mol. The average molecular weight is 498 g/mol. The van der Waals surface area contributed by atoms with Gasteiger partial charge in [0, 0.05) is 24.9 Å². The van der Waals surface area contributed by atoms with Gasteiger partial charge in [-0.15, -0.1) is 0 Å². The van der Waals surface area contributed by atoms with Crippen LogP contribution < -0.4 is 10.9 Å². The van der Waals surface area contributed by atoms with E-state index in [9.17, 15) is 9.59 Å². The van der Waals surface area contributed by atoms with Gasteiger partial charge in [0.05, 0.1) is 11.9 Å². The summed E-state index contributed by atoms with van der Waals surface area (Å²) in [4.78, 5) is 25.0. The fourth-order valence-electron chi connectivity index (χ4n) is 5.13. The summed E-state index contributed by atoms with van der Waals surface area (Å²) in [7, 11) is 0. The van der Waals surface area contributed by atoms with Crippen LogP contribution in [0.25, 0.3) is 0 Å². The van der Waals surface area contributed by atoms with Gasteiger partial charge in [0.15, 0.2) is 10.9 Å². The Labute approximate surface area is 188 Å². The SMILES string of the molecule is C[C@@H]1[C@H]2C[C@@H](C[C@H]1Nc1cnn(CC(=O)CCc3cc(Cl)no3)c(=O)c1Br)C2(C)C. The number of rotatable bonds is 7. The van der Waals surface area contributed by atoms with E-state index in [1.165, 1.54) is 11.1 Å². The third kappa shape index (κ3) is 3.96. The first-order valence-electron chi connectivity index (χ1n) is 10.3. The van der Waals surface area contributed by atoms with Gasteiger partial charge in [-0.25, -0.2) is 4.68 Å². The van der Waals surface area contributed by atoms with Crippen molar-refractivity contribution in [3.05, 3.63) is 38.0 Å². The summed E-state index contributed by atoms with van der Waals surface area (Å²) in [6, 6.07) is 1.90. The molecule has 30 heavy (non-hydrogen) atoms. The van der Waals surface area contributed by atoms with Crippen LogP contribution in [0.5, 0.6) is 0 Å². The lowest BCUT2D eigenvalue weighted by Crippen LogP contribution is -2.58. The number of hydrogen-bond donors (Lipinski definition) is 1. The zero-order chi connectivity index (χ0) is 21.6. The van der Waals surface area contributed by atoms with Crippen LogP contribution in [0.3, 0.4) is 0 Å². The number of fused-ring (bicyclic) bond motifs is 2. The standard InChI is InChI=1S/C21H26BrClN4O3/c1-11-15-6-12(21(15,2)3)7-16(11)25-17-9-24-27(20(29)19(17)22)10-13(28)4-5-14-8-18(23)26-30-14/h8-9,11-12,15-16,25H,4-7,10H2,1-3H3/t11-,12+,15-,16-/m1/s1. The van der Waals surface area contributed by atoms with E-state index in [2.05, 4.69) is 52.3 Å². The average Bonchev–Trinajstić information content (AvgIpc) is 3.12. The molecular weight excluding hydrogens is 472 g/mol. The smallest absolute Gasteiger partial charge is 0.283 e. The molecule has 3 fully saturated rings. The maximum Gasteiger partial charge on any atom is 0.283 e. The van der Waals surface area contributed by atoms with Gasteiger partial charge in [-0.2, -0.15) is 5.10 Å². The highest BCUT2D eigenvalue weighted by atomic mass is 79.9. The highest BCUT2D eigenvalue weighted by Crippen LogP contribution is 2.61. The normalized spacial score (nSPS) is 26.8. The zero-order valence-corrected chi connectivity index (χ0v) is 19.7. The second-order valence-electron chi connectivity index (χ2n) is 9.20. The maximum atomic E-state index is 12.7. The molecule has 4 atom stereocenters. The summed E-state index contributed by atoms with van der Waals surface area (Å²) in [5, 5.41) is 11.6. The summed E-state index contributed by atoms with van der Waals surface area (Å²) in [6.07, 6.45) is 4.63. The summed E-state index contributed by atoms with van der Waals surface area (Å²) in [5.41, 5.74) is 0.786. The van der Waals surface area contributed by atoms with Crippen LogP contribution in [0.1, 0.15) is 45.8 Å². The second kappa shape index (κ2) is 8.11. The van der Waals surface area contributed by atoms with E-state index in [0.29, 0.717) is 45.6 Å². The molecule has 0 aliphatic heterocycles. The second-order valence-corrected chi connectivity index (χ2v) is 10.4. The Balaban J connectivity index is 1.39. The number of aryl methyl sites for hydroxylation is 1. The topological polar surface area (TPSA) is 90.0 Å². The molecule has 0 saturated heterocycles. The fourth-order valence-corrected chi connectivity index (χ4v) is 5.71. The Morgan fingerprint density at radius 3 is 2.83 bits per heavy atom. The van der Waals surface area contributed by atoms with Crippen LogP contribution in [0, 0.1) is 23.2 Å². The van der Waals surface area contributed by atoms with Crippen molar-refractivity contribution >= 4 is 39.0 Å². The molecule has 1 N–H and O–H groups in total. The van der Waals surface area contributed by atoms with E-state index in [1.54, 1.807) is 12.3 Å². The lowest BCUT2D eigenvalue weighted by molar-refractivity contribution is -0.119. The molecule has 0 amide bonds. The molecule has 0 unspecified atom stereocenters. The van der Waals surface area contributed by atoms with Gasteiger partial charge in [-0.05, 0) is 51.9 Å². The van der Waals surface area contributed by atoms with Crippen molar-refractivity contribution in [3.63, 3.8) is 0 Å². The number of carbonyl (C=O) groups excluding carboxylic acids is 1. The number of anilines is 1. The van der Waals surface area contributed by atoms with E-state index in [4.69, 9.17) is 16.1 Å². The number of ketones is 1. The molecular formula is C21H26BrClN4O3. The Morgan fingerprint density at radius 2 is 2.20 bits per heavy atom. The van der Waals surface area contributed by atoms with Gasteiger partial charge in [0.1, 0.15) is 16.8 Å². The number of Topliss-reactive ketones (excluding diaryl/α,β-unsaturated/α-hetero) is 1. The van der Waals surface area contributed by atoms with E-state index >= 15 is 0 Å². The summed E-state index contributed by atoms with van der Waals surface area (Å²) in [6.45, 7) is 6.94. The van der Waals surface area contributed by atoms with Crippen molar-refractivity contribution in [2.24, 2.45) is 23.2 Å². The minimum absolute atomic E-state index is 0.0856. The van der Waals surface area contributed by atoms with Crippen LogP contribution in [0.2, 0.25) is 5.15 Å². The number of nitrogens with one attached hydrogen (secondary N) is 1. The van der Waals surface area contributed by atoms with E-state index in [1.807, 2.05) is 0 Å². The van der Waals surface area contributed by atoms with E-state index < -0.39 is 0 Å². The quantitative estimate of drug-likeness (QED) is 0.612. The molecule has 5 rings (SSSR count). The lowest BCUT2D eigenvalue weighted by Gasteiger charge is -2.62.